The smallest absolute Gasteiger partial charge is 0.328 e. The van der Waals surface area contributed by atoms with Crippen molar-refractivity contribution in [1.29, 1.82) is 0 Å². The van der Waals surface area contributed by atoms with Crippen LogP contribution in [0.4, 0.5) is 5.82 Å². The molecule has 18 heavy (non-hydrogen) atoms. The number of carboxylic acid groups (broad SMARTS) is 1. The minimum Gasteiger partial charge on any atom is -0.478 e. The lowest BCUT2D eigenvalue weighted by Crippen LogP contribution is -2.25. The Morgan fingerprint density at radius 3 is 2.44 bits per heavy atom. The van der Waals surface area contributed by atoms with Crippen molar-refractivity contribution in [2.45, 2.75) is 26.7 Å². The van der Waals surface area contributed by atoms with Crippen LogP contribution in [0.25, 0.3) is 6.08 Å². The van der Waals surface area contributed by atoms with Crippen molar-refractivity contribution < 1.29 is 9.90 Å². The predicted octanol–water partition coefficient (Wildman–Crippen LogP) is 2.81. The van der Waals surface area contributed by atoms with Gasteiger partial charge in [0.05, 0.1) is 0 Å². The van der Waals surface area contributed by atoms with E-state index in [1.54, 1.807) is 12.3 Å². The number of pyridine rings is 1. The minimum absolute atomic E-state index is 0.800. The van der Waals surface area contributed by atoms with Gasteiger partial charge >= 0.3 is 5.97 Å². The molecule has 1 heterocycles. The molecule has 0 aromatic carbocycles. The van der Waals surface area contributed by atoms with Crippen LogP contribution in [0.1, 0.15) is 32.3 Å². The van der Waals surface area contributed by atoms with Gasteiger partial charge in [-0.2, -0.15) is 0 Å². The summed E-state index contributed by atoms with van der Waals surface area (Å²) in [6.07, 6.45) is 6.54. The summed E-state index contributed by atoms with van der Waals surface area (Å²) in [4.78, 5) is 17.0. The molecule has 0 unspecified atom stereocenters. The van der Waals surface area contributed by atoms with Crippen LogP contribution in [0, 0.1) is 0 Å². The number of rotatable bonds is 7. The van der Waals surface area contributed by atoms with E-state index in [-0.39, 0.29) is 0 Å². The van der Waals surface area contributed by atoms with Crippen molar-refractivity contribution in [3.05, 3.63) is 30.0 Å². The van der Waals surface area contributed by atoms with Crippen LogP contribution < -0.4 is 4.90 Å². The third-order valence-electron chi connectivity index (χ3n) is 2.50. The molecule has 1 N–H and O–H groups in total. The highest BCUT2D eigenvalue weighted by Crippen LogP contribution is 2.13. The molecule has 1 rings (SSSR count). The fraction of sp³-hybridized carbons (Fsp3) is 0.429. The lowest BCUT2D eigenvalue weighted by Gasteiger charge is -2.22. The molecule has 0 spiro atoms. The summed E-state index contributed by atoms with van der Waals surface area (Å²) in [6.45, 7) is 6.27. The van der Waals surface area contributed by atoms with Gasteiger partial charge in [-0.1, -0.05) is 13.8 Å². The lowest BCUT2D eigenvalue weighted by atomic mass is 10.2. The molecule has 0 radical (unpaired) electrons. The highest BCUT2D eigenvalue weighted by atomic mass is 16.4. The maximum atomic E-state index is 10.4. The summed E-state index contributed by atoms with van der Waals surface area (Å²) < 4.78 is 0. The van der Waals surface area contributed by atoms with E-state index in [1.807, 2.05) is 12.1 Å². The first-order valence-electron chi connectivity index (χ1n) is 6.29. The van der Waals surface area contributed by atoms with Gasteiger partial charge in [0, 0.05) is 25.4 Å². The molecule has 0 aliphatic heterocycles. The van der Waals surface area contributed by atoms with Crippen LogP contribution in [-0.4, -0.2) is 29.1 Å². The number of hydrogen-bond acceptors (Lipinski definition) is 3. The highest BCUT2D eigenvalue weighted by Gasteiger charge is 2.04. The maximum Gasteiger partial charge on any atom is 0.328 e. The topological polar surface area (TPSA) is 53.4 Å². The number of nitrogens with zero attached hydrogens (tertiary/aromatic N) is 2. The van der Waals surface area contributed by atoms with Crippen molar-refractivity contribution in [1.82, 2.24) is 4.98 Å². The first-order valence-corrected chi connectivity index (χ1v) is 6.29. The third-order valence-corrected chi connectivity index (χ3v) is 2.50. The largest absolute Gasteiger partial charge is 0.478 e. The summed E-state index contributed by atoms with van der Waals surface area (Å²) in [5.74, 6) is 0.00356. The van der Waals surface area contributed by atoms with Crippen LogP contribution >= 0.6 is 0 Å². The van der Waals surface area contributed by atoms with Gasteiger partial charge in [-0.25, -0.2) is 9.78 Å². The normalized spacial score (nSPS) is 10.8. The van der Waals surface area contributed by atoms with E-state index in [4.69, 9.17) is 5.11 Å². The summed E-state index contributed by atoms with van der Waals surface area (Å²) in [5.41, 5.74) is 0.800. The molecule has 0 aliphatic carbocycles. The molecule has 0 bridgehead atoms. The lowest BCUT2D eigenvalue weighted by molar-refractivity contribution is -0.131. The molecule has 4 nitrogen and oxygen atoms in total. The van der Waals surface area contributed by atoms with Crippen molar-refractivity contribution in [3.8, 4) is 0 Å². The molecule has 0 amide bonds. The van der Waals surface area contributed by atoms with E-state index < -0.39 is 5.97 Å². The molecule has 0 aliphatic rings. The average Bonchev–Trinajstić information content (AvgIpc) is 2.37. The zero-order chi connectivity index (χ0) is 13.4. The van der Waals surface area contributed by atoms with Gasteiger partial charge < -0.3 is 10.0 Å². The monoisotopic (exact) mass is 248 g/mol. The van der Waals surface area contributed by atoms with Crippen LogP contribution in [0.2, 0.25) is 0 Å². The molecule has 0 fully saturated rings. The van der Waals surface area contributed by atoms with Crippen molar-refractivity contribution in [3.63, 3.8) is 0 Å². The Bertz CT molecular complexity index is 393. The zero-order valence-electron chi connectivity index (χ0n) is 11.0. The third kappa shape index (κ3) is 4.57. The SMILES string of the molecule is CCCN(CCC)c1ccc(/C=C/C(=O)O)cn1. The van der Waals surface area contributed by atoms with Crippen LogP contribution in [0.5, 0.6) is 0 Å². The molecule has 0 atom stereocenters. The molecular formula is C14H20N2O2. The Labute approximate surface area is 108 Å². The maximum absolute atomic E-state index is 10.4. The molecule has 98 valence electrons. The van der Waals surface area contributed by atoms with E-state index in [0.29, 0.717) is 0 Å². The van der Waals surface area contributed by atoms with E-state index in [1.165, 1.54) is 0 Å². The molecule has 0 saturated heterocycles. The van der Waals surface area contributed by atoms with Crippen LogP contribution in [0.3, 0.4) is 0 Å². The zero-order valence-corrected chi connectivity index (χ0v) is 11.0. The van der Waals surface area contributed by atoms with E-state index in [2.05, 4.69) is 23.7 Å². The number of hydrogen-bond donors (Lipinski definition) is 1. The van der Waals surface area contributed by atoms with Gasteiger partial charge in [-0.15, -0.1) is 0 Å². The van der Waals surface area contributed by atoms with Gasteiger partial charge in [-0.05, 0) is 36.6 Å². The van der Waals surface area contributed by atoms with Gasteiger partial charge in [0.25, 0.3) is 0 Å². The second-order valence-corrected chi connectivity index (χ2v) is 4.11. The number of anilines is 1. The molecule has 1 aromatic heterocycles. The molecule has 0 saturated carbocycles. The predicted molar refractivity (Wildman–Crippen MR) is 73.7 cm³/mol. The van der Waals surface area contributed by atoms with Gasteiger partial charge in [0.1, 0.15) is 5.82 Å². The van der Waals surface area contributed by atoms with Crippen molar-refractivity contribution in [2.24, 2.45) is 0 Å². The Morgan fingerprint density at radius 2 is 2.00 bits per heavy atom. The standard InChI is InChI=1S/C14H20N2O2/c1-3-9-16(10-4-2)13-7-5-12(11-15-13)6-8-14(17)18/h5-8,11H,3-4,9-10H2,1-2H3,(H,17,18)/b8-6+. The molecular weight excluding hydrogens is 228 g/mol. The summed E-state index contributed by atoms with van der Waals surface area (Å²) in [6, 6.07) is 3.83. The first-order chi connectivity index (χ1) is 8.67. The number of carbonyl (C=O) groups is 1. The summed E-state index contributed by atoms with van der Waals surface area (Å²) >= 11 is 0. The Kier molecular flexibility index (Phi) is 5.91. The fourth-order valence-electron chi connectivity index (χ4n) is 1.73. The fourth-order valence-corrected chi connectivity index (χ4v) is 1.73. The van der Waals surface area contributed by atoms with Gasteiger partial charge in [0.2, 0.25) is 0 Å². The Hall–Kier alpha value is -1.84. The highest BCUT2D eigenvalue weighted by molar-refractivity contribution is 5.85. The van der Waals surface area contributed by atoms with E-state index in [0.717, 1.165) is 43.4 Å². The minimum atomic E-state index is -0.947. The van der Waals surface area contributed by atoms with E-state index in [9.17, 15) is 4.79 Å². The van der Waals surface area contributed by atoms with E-state index >= 15 is 0 Å². The van der Waals surface area contributed by atoms with Gasteiger partial charge in [-0.3, -0.25) is 0 Å². The quantitative estimate of drug-likeness (QED) is 0.754. The Morgan fingerprint density at radius 1 is 1.33 bits per heavy atom. The number of aliphatic carboxylic acids is 1. The molecule has 1 aromatic rings. The average molecular weight is 248 g/mol. The van der Waals surface area contributed by atoms with Gasteiger partial charge in [0.15, 0.2) is 0 Å². The van der Waals surface area contributed by atoms with Crippen molar-refractivity contribution in [2.75, 3.05) is 18.0 Å². The summed E-state index contributed by atoms with van der Waals surface area (Å²) in [5, 5.41) is 8.54. The molecule has 4 heteroatoms. The Balaban J connectivity index is 2.76. The van der Waals surface area contributed by atoms with Crippen LogP contribution in [-0.2, 0) is 4.79 Å². The second kappa shape index (κ2) is 7.48. The van der Waals surface area contributed by atoms with Crippen LogP contribution in [0.15, 0.2) is 24.4 Å². The van der Waals surface area contributed by atoms with Crippen molar-refractivity contribution >= 4 is 17.9 Å². The first kappa shape index (κ1) is 14.2. The second-order valence-electron chi connectivity index (χ2n) is 4.11. The summed E-state index contributed by atoms with van der Waals surface area (Å²) in [7, 11) is 0. The number of carboxylic acids is 1. The number of aromatic nitrogens is 1.